The number of nitrogens with one attached hydrogen (secondary N) is 1. The normalized spacial score (nSPS) is 15.0. The molecule has 2 aromatic rings. The van der Waals surface area contributed by atoms with Gasteiger partial charge in [0.2, 0.25) is 10.0 Å². The number of halogens is 2. The van der Waals surface area contributed by atoms with E-state index >= 15 is 0 Å². The number of nitrogens with zero attached hydrogens (tertiary/aromatic N) is 1. The summed E-state index contributed by atoms with van der Waals surface area (Å²) in [6.45, 7) is 0.0301. The maximum Gasteiger partial charge on any atom is 0.338 e. The van der Waals surface area contributed by atoms with Gasteiger partial charge in [-0.1, -0.05) is 29.6 Å². The van der Waals surface area contributed by atoms with E-state index in [9.17, 15) is 26.4 Å². The number of carbonyl (C=O) groups is 2. The highest BCUT2D eigenvalue weighted by Crippen LogP contribution is 2.28. The van der Waals surface area contributed by atoms with Gasteiger partial charge in [-0.25, -0.2) is 21.6 Å². The molecule has 1 saturated heterocycles. The lowest BCUT2D eigenvalue weighted by Gasteiger charge is -2.26. The van der Waals surface area contributed by atoms with Crippen LogP contribution in [-0.2, 0) is 29.4 Å². The maximum atomic E-state index is 13.0. The second-order valence-electron chi connectivity index (χ2n) is 7.65. The van der Waals surface area contributed by atoms with Crippen LogP contribution in [0.2, 0.25) is 10.0 Å². The van der Waals surface area contributed by atoms with Crippen molar-refractivity contribution in [2.45, 2.75) is 29.1 Å². The van der Waals surface area contributed by atoms with E-state index in [0.717, 1.165) is 31.6 Å². The van der Waals surface area contributed by atoms with E-state index in [1.54, 1.807) is 0 Å². The zero-order valence-corrected chi connectivity index (χ0v) is 21.2. The number of benzene rings is 2. The van der Waals surface area contributed by atoms with Crippen molar-refractivity contribution in [2.24, 2.45) is 0 Å². The summed E-state index contributed by atoms with van der Waals surface area (Å²) >= 11 is 12.1. The summed E-state index contributed by atoms with van der Waals surface area (Å²) in [7, 11) is -7.42. The third-order valence-corrected chi connectivity index (χ3v) is 8.89. The molecule has 1 fully saturated rings. The van der Waals surface area contributed by atoms with E-state index < -0.39 is 38.3 Å². The van der Waals surface area contributed by atoms with Crippen LogP contribution < -0.4 is 5.32 Å². The van der Waals surface area contributed by atoms with E-state index in [1.807, 2.05) is 0 Å². The SMILES string of the molecule is CS(=O)(=O)c1ccc(Cl)c(NC(=O)COC(=O)c2ccc(Cl)c(S(=O)(=O)N3CCCCC3)c2)c1. The molecule has 0 radical (unpaired) electrons. The maximum absolute atomic E-state index is 13.0. The van der Waals surface area contributed by atoms with Crippen molar-refractivity contribution in [1.29, 1.82) is 0 Å². The van der Waals surface area contributed by atoms with Gasteiger partial charge in [0.05, 0.1) is 26.2 Å². The molecular weight excluding hydrogens is 527 g/mol. The molecule has 0 aromatic heterocycles. The first-order valence-electron chi connectivity index (χ1n) is 10.2. The predicted molar refractivity (Wildman–Crippen MR) is 128 cm³/mol. The van der Waals surface area contributed by atoms with Gasteiger partial charge in [-0.15, -0.1) is 0 Å². The Kier molecular flexibility index (Phi) is 8.25. The molecule has 0 spiro atoms. The van der Waals surface area contributed by atoms with Gasteiger partial charge in [-0.05, 0) is 49.2 Å². The Morgan fingerprint density at radius 1 is 0.971 bits per heavy atom. The second-order valence-corrected chi connectivity index (χ2v) is 12.4. The lowest BCUT2D eigenvalue weighted by molar-refractivity contribution is -0.119. The van der Waals surface area contributed by atoms with Gasteiger partial charge in [0.15, 0.2) is 16.4 Å². The van der Waals surface area contributed by atoms with E-state index in [2.05, 4.69) is 5.32 Å². The van der Waals surface area contributed by atoms with E-state index in [4.69, 9.17) is 27.9 Å². The summed E-state index contributed by atoms with van der Waals surface area (Å²) in [4.78, 5) is 24.4. The first-order valence-corrected chi connectivity index (χ1v) is 14.2. The first-order chi connectivity index (χ1) is 15.9. The Bertz CT molecular complexity index is 1320. The van der Waals surface area contributed by atoms with Crippen LogP contribution in [0.3, 0.4) is 0 Å². The summed E-state index contributed by atoms with van der Waals surface area (Å²) in [6.07, 6.45) is 3.43. The van der Waals surface area contributed by atoms with Gasteiger partial charge in [-0.3, -0.25) is 4.79 Å². The van der Waals surface area contributed by atoms with Crippen molar-refractivity contribution in [1.82, 2.24) is 4.31 Å². The van der Waals surface area contributed by atoms with Crippen LogP contribution >= 0.6 is 23.2 Å². The summed E-state index contributed by atoms with van der Waals surface area (Å²) in [5.74, 6) is -1.70. The number of piperidine rings is 1. The standard InChI is InChI=1S/C21H22Cl2N2O7S2/c1-33(28,29)15-6-8-16(22)18(12-15)24-20(26)13-32-21(27)14-5-7-17(23)19(11-14)34(30,31)25-9-3-2-4-10-25/h5-8,11-12H,2-4,9-10,13H2,1H3,(H,24,26). The van der Waals surface area contributed by atoms with Crippen molar-refractivity contribution in [2.75, 3.05) is 31.3 Å². The van der Waals surface area contributed by atoms with Crippen LogP contribution in [0.15, 0.2) is 46.2 Å². The Balaban J connectivity index is 1.70. The largest absolute Gasteiger partial charge is 0.452 e. The van der Waals surface area contributed by atoms with Crippen LogP contribution in [0, 0.1) is 0 Å². The molecule has 184 valence electrons. The molecule has 1 amide bonds. The van der Waals surface area contributed by atoms with E-state index in [-0.39, 0.29) is 31.1 Å². The lowest BCUT2D eigenvalue weighted by atomic mass is 10.2. The van der Waals surface area contributed by atoms with Crippen molar-refractivity contribution in [3.63, 3.8) is 0 Å². The van der Waals surface area contributed by atoms with Crippen LogP contribution in [0.25, 0.3) is 0 Å². The molecule has 1 aliphatic heterocycles. The molecule has 34 heavy (non-hydrogen) atoms. The zero-order valence-electron chi connectivity index (χ0n) is 18.1. The highest BCUT2D eigenvalue weighted by Gasteiger charge is 2.29. The Morgan fingerprint density at radius 3 is 2.26 bits per heavy atom. The van der Waals surface area contributed by atoms with E-state index in [1.165, 1.54) is 34.6 Å². The van der Waals surface area contributed by atoms with Gasteiger partial charge in [-0.2, -0.15) is 4.31 Å². The molecule has 0 saturated carbocycles. The van der Waals surface area contributed by atoms with Crippen molar-refractivity contribution in [3.8, 4) is 0 Å². The molecule has 0 unspecified atom stereocenters. The number of carbonyl (C=O) groups excluding carboxylic acids is 2. The Hall–Kier alpha value is -2.18. The molecule has 1 heterocycles. The summed E-state index contributed by atoms with van der Waals surface area (Å²) in [5, 5.41) is 2.45. The summed E-state index contributed by atoms with van der Waals surface area (Å²) in [5.41, 5.74) is -0.0584. The minimum Gasteiger partial charge on any atom is -0.452 e. The van der Waals surface area contributed by atoms with Crippen molar-refractivity contribution in [3.05, 3.63) is 52.0 Å². The molecule has 3 rings (SSSR count). The second kappa shape index (κ2) is 10.6. The number of esters is 1. The molecule has 2 aromatic carbocycles. The van der Waals surface area contributed by atoms with Crippen LogP contribution in [0.5, 0.6) is 0 Å². The Morgan fingerprint density at radius 2 is 1.62 bits per heavy atom. The van der Waals surface area contributed by atoms with Gasteiger partial charge in [0.1, 0.15) is 4.90 Å². The molecule has 0 bridgehead atoms. The Labute approximate surface area is 208 Å². The number of sulfone groups is 1. The van der Waals surface area contributed by atoms with Crippen molar-refractivity contribution < 1.29 is 31.2 Å². The number of rotatable bonds is 7. The average molecular weight is 549 g/mol. The third-order valence-electron chi connectivity index (χ3n) is 5.07. The fourth-order valence-corrected chi connectivity index (χ4v) is 6.13. The minimum absolute atomic E-state index is 0.0275. The number of hydrogen-bond acceptors (Lipinski definition) is 7. The summed E-state index contributed by atoms with van der Waals surface area (Å²) in [6, 6.07) is 7.50. The smallest absolute Gasteiger partial charge is 0.338 e. The molecule has 1 aliphatic rings. The van der Waals surface area contributed by atoms with Gasteiger partial charge in [0, 0.05) is 19.3 Å². The van der Waals surface area contributed by atoms with Gasteiger partial charge < -0.3 is 10.1 Å². The predicted octanol–water partition coefficient (Wildman–Crippen LogP) is 3.37. The molecule has 9 nitrogen and oxygen atoms in total. The highest BCUT2D eigenvalue weighted by molar-refractivity contribution is 7.90. The number of anilines is 1. The van der Waals surface area contributed by atoms with E-state index in [0.29, 0.717) is 13.1 Å². The molecule has 0 aliphatic carbocycles. The minimum atomic E-state index is -3.89. The quantitative estimate of drug-likeness (QED) is 0.525. The van der Waals surface area contributed by atoms with Gasteiger partial charge >= 0.3 is 5.97 Å². The molecule has 13 heteroatoms. The van der Waals surface area contributed by atoms with Crippen LogP contribution in [-0.4, -0.2) is 59.0 Å². The third kappa shape index (κ3) is 6.28. The topological polar surface area (TPSA) is 127 Å². The number of amides is 1. The number of sulfonamides is 1. The van der Waals surface area contributed by atoms with Gasteiger partial charge in [0.25, 0.3) is 5.91 Å². The molecular formula is C21H22Cl2N2O7S2. The average Bonchev–Trinajstić information content (AvgIpc) is 2.79. The number of ether oxygens (including phenoxy) is 1. The highest BCUT2D eigenvalue weighted by atomic mass is 35.5. The fourth-order valence-electron chi connectivity index (χ4n) is 3.30. The molecule has 0 atom stereocenters. The van der Waals surface area contributed by atoms with Crippen LogP contribution in [0.4, 0.5) is 5.69 Å². The monoisotopic (exact) mass is 548 g/mol. The zero-order chi connectivity index (χ0) is 25.1. The first kappa shape index (κ1) is 26.4. The fraction of sp³-hybridized carbons (Fsp3) is 0.333. The lowest BCUT2D eigenvalue weighted by Crippen LogP contribution is -2.35. The summed E-state index contributed by atoms with van der Waals surface area (Å²) < 4.78 is 55.6. The number of hydrogen-bond donors (Lipinski definition) is 1. The van der Waals surface area contributed by atoms with Crippen LogP contribution in [0.1, 0.15) is 29.6 Å². The van der Waals surface area contributed by atoms with Crippen molar-refractivity contribution >= 4 is 60.6 Å². The molecule has 1 N–H and O–H groups in total.